The minimum absolute atomic E-state index is 0.00231. The van der Waals surface area contributed by atoms with Gasteiger partial charge in [0.25, 0.3) is 0 Å². The van der Waals surface area contributed by atoms with E-state index in [1.807, 2.05) is 13.0 Å². The molecule has 1 rings (SSSR count). The number of hydrogen-bond donors (Lipinski definition) is 0. The maximum Gasteiger partial charge on any atom is 0.217 e. The summed E-state index contributed by atoms with van der Waals surface area (Å²) in [4.78, 5) is 0. The first kappa shape index (κ1) is 18.0. The van der Waals surface area contributed by atoms with Crippen LogP contribution in [0.4, 0.5) is 0 Å². The molecule has 0 saturated heterocycles. The summed E-state index contributed by atoms with van der Waals surface area (Å²) in [6.07, 6.45) is 8.17. The van der Waals surface area contributed by atoms with Crippen LogP contribution in [0, 0.1) is 0 Å². The number of pyridine rings is 1. The molecule has 1 aromatic heterocycles. The Bertz CT molecular complexity index is 406. The summed E-state index contributed by atoms with van der Waals surface area (Å²) < 4.78 is 35.3. The smallest absolute Gasteiger partial charge is 0.217 e. The Morgan fingerprint density at radius 1 is 1.05 bits per heavy atom. The monoisotopic (exact) mass is 289 g/mol. The summed E-state index contributed by atoms with van der Waals surface area (Å²) in [5, 5.41) is 0. The van der Waals surface area contributed by atoms with Gasteiger partial charge in [0, 0.05) is 18.6 Å². The highest BCUT2D eigenvalue weighted by Gasteiger charge is 1.93. The molecule has 0 atom stereocenters. The van der Waals surface area contributed by atoms with Crippen LogP contribution in [0.3, 0.4) is 0 Å². The summed E-state index contributed by atoms with van der Waals surface area (Å²) >= 11 is 0. The molecule has 0 aliphatic rings. The topological polar surface area (TPSA) is 70.3 Å². The van der Waals surface area contributed by atoms with Gasteiger partial charge in [-0.25, -0.2) is 13.0 Å². The molecule has 0 saturated carbocycles. The SMILES string of the molecule is CCCCOS(=O)(=O)[O-].CCCC[n+]1ccccc1. The predicted molar refractivity (Wildman–Crippen MR) is 72.1 cm³/mol. The molecule has 1 aromatic rings. The molecule has 0 radical (unpaired) electrons. The average Bonchev–Trinajstić information content (AvgIpc) is 2.37. The van der Waals surface area contributed by atoms with Crippen molar-refractivity contribution in [2.75, 3.05) is 6.61 Å². The van der Waals surface area contributed by atoms with Crippen LogP contribution in [-0.4, -0.2) is 19.6 Å². The molecule has 6 heteroatoms. The fraction of sp³-hybridized carbons (Fsp3) is 0.615. The maximum atomic E-state index is 9.73. The number of unbranched alkanes of at least 4 members (excludes halogenated alkanes) is 2. The van der Waals surface area contributed by atoms with Crippen molar-refractivity contribution in [3.63, 3.8) is 0 Å². The lowest BCUT2D eigenvalue weighted by atomic mass is 10.3. The number of nitrogens with zero attached hydrogens (tertiary/aromatic N) is 1. The van der Waals surface area contributed by atoms with Gasteiger partial charge >= 0.3 is 0 Å². The van der Waals surface area contributed by atoms with Gasteiger partial charge in [0.05, 0.1) is 6.61 Å². The molecule has 1 heterocycles. The lowest BCUT2D eigenvalue weighted by Gasteiger charge is -2.05. The van der Waals surface area contributed by atoms with Crippen molar-refractivity contribution in [2.45, 2.75) is 46.1 Å². The Morgan fingerprint density at radius 2 is 1.63 bits per heavy atom. The van der Waals surface area contributed by atoms with E-state index >= 15 is 0 Å². The van der Waals surface area contributed by atoms with E-state index in [1.54, 1.807) is 0 Å². The molecule has 0 N–H and O–H groups in total. The van der Waals surface area contributed by atoms with Crippen molar-refractivity contribution in [3.8, 4) is 0 Å². The first-order valence-corrected chi connectivity index (χ1v) is 7.87. The van der Waals surface area contributed by atoms with Crippen molar-refractivity contribution < 1.29 is 21.7 Å². The van der Waals surface area contributed by atoms with E-state index in [-0.39, 0.29) is 6.61 Å². The van der Waals surface area contributed by atoms with Gasteiger partial charge in [0.1, 0.15) is 6.54 Å². The van der Waals surface area contributed by atoms with E-state index in [1.165, 1.54) is 12.8 Å². The minimum Gasteiger partial charge on any atom is -0.726 e. The number of rotatable bonds is 7. The van der Waals surface area contributed by atoms with E-state index < -0.39 is 10.4 Å². The molecule has 0 aliphatic heterocycles. The lowest BCUT2D eigenvalue weighted by molar-refractivity contribution is -0.697. The van der Waals surface area contributed by atoms with Crippen LogP contribution in [-0.2, 0) is 21.1 Å². The number of aromatic nitrogens is 1. The van der Waals surface area contributed by atoms with Gasteiger partial charge in [-0.2, -0.15) is 0 Å². The minimum atomic E-state index is -4.45. The van der Waals surface area contributed by atoms with E-state index in [0.29, 0.717) is 6.42 Å². The Balaban J connectivity index is 0.000000344. The van der Waals surface area contributed by atoms with Crippen molar-refractivity contribution in [1.29, 1.82) is 0 Å². The van der Waals surface area contributed by atoms with Crippen LogP contribution < -0.4 is 4.57 Å². The first-order valence-electron chi connectivity index (χ1n) is 6.54. The van der Waals surface area contributed by atoms with E-state index in [4.69, 9.17) is 0 Å². The maximum absolute atomic E-state index is 9.73. The van der Waals surface area contributed by atoms with Crippen LogP contribution >= 0.6 is 0 Å². The second-order valence-corrected chi connectivity index (χ2v) is 5.10. The highest BCUT2D eigenvalue weighted by Crippen LogP contribution is 1.91. The van der Waals surface area contributed by atoms with Crippen molar-refractivity contribution in [1.82, 2.24) is 0 Å². The second kappa shape index (κ2) is 10.9. The Morgan fingerprint density at radius 3 is 2.11 bits per heavy atom. The summed E-state index contributed by atoms with van der Waals surface area (Å²) in [5.41, 5.74) is 0. The van der Waals surface area contributed by atoms with Gasteiger partial charge in [-0.3, -0.25) is 4.18 Å². The fourth-order valence-corrected chi connectivity index (χ4v) is 1.55. The molecule has 0 amide bonds. The number of aryl methyl sites for hydroxylation is 1. The Kier molecular flexibility index (Phi) is 10.3. The molecular formula is C13H23NO4S. The van der Waals surface area contributed by atoms with Gasteiger partial charge in [0.2, 0.25) is 10.4 Å². The largest absolute Gasteiger partial charge is 0.726 e. The van der Waals surface area contributed by atoms with Crippen LogP contribution in [0.15, 0.2) is 30.6 Å². The summed E-state index contributed by atoms with van der Waals surface area (Å²) in [6, 6.07) is 6.17. The van der Waals surface area contributed by atoms with Gasteiger partial charge < -0.3 is 4.55 Å². The molecule has 0 aromatic carbocycles. The van der Waals surface area contributed by atoms with Gasteiger partial charge in [-0.1, -0.05) is 32.8 Å². The highest BCUT2D eigenvalue weighted by atomic mass is 32.3. The van der Waals surface area contributed by atoms with E-state index in [9.17, 15) is 13.0 Å². The molecule has 19 heavy (non-hydrogen) atoms. The molecule has 5 nitrogen and oxygen atoms in total. The zero-order chi connectivity index (χ0) is 14.6. The van der Waals surface area contributed by atoms with Gasteiger partial charge in [-0.05, 0) is 6.42 Å². The quantitative estimate of drug-likeness (QED) is 0.333. The van der Waals surface area contributed by atoms with Crippen molar-refractivity contribution >= 4 is 10.4 Å². The van der Waals surface area contributed by atoms with Crippen LogP contribution in [0.25, 0.3) is 0 Å². The molecule has 0 unspecified atom stereocenters. The van der Waals surface area contributed by atoms with Gasteiger partial charge in [0.15, 0.2) is 12.4 Å². The molecule has 0 bridgehead atoms. The zero-order valence-electron chi connectivity index (χ0n) is 11.6. The third kappa shape index (κ3) is 13.3. The van der Waals surface area contributed by atoms with Crippen molar-refractivity contribution in [3.05, 3.63) is 30.6 Å². The third-order valence-electron chi connectivity index (χ3n) is 2.27. The summed E-state index contributed by atoms with van der Waals surface area (Å²) in [6.45, 7) is 5.24. The average molecular weight is 289 g/mol. The van der Waals surface area contributed by atoms with Gasteiger partial charge in [-0.15, -0.1) is 0 Å². The fourth-order valence-electron chi connectivity index (χ4n) is 1.23. The standard InChI is InChI=1S/C9H14N.C4H10O4S/c1-2-3-7-10-8-5-4-6-9-10;1-2-3-4-8-9(5,6)7/h4-6,8-9H,2-3,7H2,1H3;2-4H2,1H3,(H,5,6,7)/q+1;/p-1. The third-order valence-corrected chi connectivity index (χ3v) is 2.73. The first-order chi connectivity index (χ1) is 8.99. The lowest BCUT2D eigenvalue weighted by Crippen LogP contribution is -2.31. The summed E-state index contributed by atoms with van der Waals surface area (Å²) in [5.74, 6) is 0. The predicted octanol–water partition coefficient (Wildman–Crippen LogP) is 2.04. The zero-order valence-corrected chi connectivity index (χ0v) is 12.4. The highest BCUT2D eigenvalue weighted by molar-refractivity contribution is 7.80. The second-order valence-electron chi connectivity index (χ2n) is 4.05. The number of hydrogen-bond acceptors (Lipinski definition) is 4. The molecule has 0 fully saturated rings. The van der Waals surface area contributed by atoms with Crippen LogP contribution in [0.1, 0.15) is 39.5 Å². The molecular weight excluding hydrogens is 266 g/mol. The van der Waals surface area contributed by atoms with Crippen molar-refractivity contribution in [2.24, 2.45) is 0 Å². The molecule has 0 aliphatic carbocycles. The molecule has 0 spiro atoms. The van der Waals surface area contributed by atoms with E-state index in [2.05, 4.69) is 40.2 Å². The normalized spacial score (nSPS) is 10.7. The summed E-state index contributed by atoms with van der Waals surface area (Å²) in [7, 11) is -4.45. The Labute approximate surface area is 116 Å². The van der Waals surface area contributed by atoms with E-state index in [0.717, 1.165) is 13.0 Å². The van der Waals surface area contributed by atoms with Crippen LogP contribution in [0.5, 0.6) is 0 Å². The molecule has 110 valence electrons. The van der Waals surface area contributed by atoms with Crippen LogP contribution in [0.2, 0.25) is 0 Å². The Hall–Kier alpha value is -0.980.